The molecule has 0 bridgehead atoms. The molecule has 0 saturated carbocycles. The molecule has 0 radical (unpaired) electrons. The van der Waals surface area contributed by atoms with Gasteiger partial charge in [-0.05, 0) is 27.2 Å². The van der Waals surface area contributed by atoms with Crippen LogP contribution in [0.15, 0.2) is 12.1 Å². The molecule has 0 aromatic heterocycles. The molecule has 1 aromatic rings. The second-order valence-corrected chi connectivity index (χ2v) is 6.94. The first-order chi connectivity index (χ1) is 11.6. The van der Waals surface area contributed by atoms with Gasteiger partial charge in [0.05, 0.1) is 4.92 Å². The number of hydrogen-bond acceptors (Lipinski definition) is 5. The van der Waals surface area contributed by atoms with Crippen molar-refractivity contribution in [1.82, 2.24) is 10.2 Å². The first kappa shape index (κ1) is 19.0. The average Bonchev–Trinajstić information content (AvgIpc) is 2.93. The molecule has 7 nitrogen and oxygen atoms in total. The number of carbonyl (C=O) groups is 1. The zero-order valence-electron chi connectivity index (χ0n) is 14.3. The number of halogens is 2. The summed E-state index contributed by atoms with van der Waals surface area (Å²) in [5.74, 6) is -2.05. The van der Waals surface area contributed by atoms with Crippen LogP contribution >= 0.6 is 0 Å². The molecule has 1 amide bonds. The van der Waals surface area contributed by atoms with Crippen LogP contribution in [0, 0.1) is 21.7 Å². The second-order valence-electron chi connectivity index (χ2n) is 6.94. The molecular formula is C16H21F2N3O4. The first-order valence-corrected chi connectivity index (χ1v) is 7.90. The molecular weight excluding hydrogens is 336 g/mol. The van der Waals surface area contributed by atoms with Gasteiger partial charge in [0.1, 0.15) is 11.4 Å². The molecule has 1 aliphatic heterocycles. The van der Waals surface area contributed by atoms with E-state index in [2.05, 4.69) is 5.32 Å². The zero-order valence-corrected chi connectivity index (χ0v) is 14.3. The molecule has 0 spiro atoms. The highest BCUT2D eigenvalue weighted by Gasteiger charge is 2.29. The van der Waals surface area contributed by atoms with Crippen LogP contribution in [-0.4, -0.2) is 40.6 Å². The Hall–Kier alpha value is -2.29. The van der Waals surface area contributed by atoms with Crippen LogP contribution < -0.4 is 5.32 Å². The maximum absolute atomic E-state index is 13.8. The van der Waals surface area contributed by atoms with E-state index in [4.69, 9.17) is 4.74 Å². The van der Waals surface area contributed by atoms with Crippen LogP contribution in [0.5, 0.6) is 0 Å². The van der Waals surface area contributed by atoms with E-state index in [1.807, 2.05) is 0 Å². The van der Waals surface area contributed by atoms with E-state index >= 15 is 0 Å². The molecule has 1 atom stereocenters. The maximum Gasteiger partial charge on any atom is 0.410 e. The Labute approximate surface area is 144 Å². The minimum atomic E-state index is -1.21. The second kappa shape index (κ2) is 7.30. The summed E-state index contributed by atoms with van der Waals surface area (Å²) in [5.41, 5.74) is -1.34. The summed E-state index contributed by atoms with van der Waals surface area (Å²) in [7, 11) is 0. The molecule has 25 heavy (non-hydrogen) atoms. The average molecular weight is 357 g/mol. The third-order valence-corrected chi connectivity index (χ3v) is 3.73. The van der Waals surface area contributed by atoms with E-state index in [0.717, 1.165) is 6.07 Å². The first-order valence-electron chi connectivity index (χ1n) is 7.90. The number of nitro groups is 1. The number of likely N-dealkylation sites (tertiary alicyclic amines) is 1. The summed E-state index contributed by atoms with van der Waals surface area (Å²) in [4.78, 5) is 23.4. The van der Waals surface area contributed by atoms with E-state index < -0.39 is 33.9 Å². The summed E-state index contributed by atoms with van der Waals surface area (Å²) < 4.78 is 32.4. The molecule has 138 valence electrons. The van der Waals surface area contributed by atoms with Gasteiger partial charge in [-0.15, -0.1) is 0 Å². The quantitative estimate of drug-likeness (QED) is 0.661. The largest absolute Gasteiger partial charge is 0.444 e. The lowest BCUT2D eigenvalue weighted by atomic mass is 10.1. The number of nitrogens with zero attached hydrogens (tertiary/aromatic N) is 2. The predicted molar refractivity (Wildman–Crippen MR) is 86.1 cm³/mol. The summed E-state index contributed by atoms with van der Waals surface area (Å²) in [6, 6.07) is 1.30. The van der Waals surface area contributed by atoms with E-state index in [-0.39, 0.29) is 18.2 Å². The Kier molecular flexibility index (Phi) is 5.56. The predicted octanol–water partition coefficient (Wildman–Crippen LogP) is 2.97. The lowest BCUT2D eigenvalue weighted by molar-refractivity contribution is -0.387. The Morgan fingerprint density at radius 1 is 1.40 bits per heavy atom. The van der Waals surface area contributed by atoms with Crippen LogP contribution in [0.4, 0.5) is 19.3 Å². The van der Waals surface area contributed by atoms with Crippen LogP contribution in [0.2, 0.25) is 0 Å². The number of ether oxygens (including phenoxy) is 1. The van der Waals surface area contributed by atoms with E-state index in [9.17, 15) is 23.7 Å². The number of hydrogen-bond donors (Lipinski definition) is 1. The standard InChI is InChI=1S/C16H21F2N3O4/c1-16(2,3)25-15(22)20-5-4-11(9-20)19-8-10-6-14(21(23)24)13(18)7-12(10)17/h6-7,11,19H,4-5,8-9H2,1-3H3. The number of nitrogens with one attached hydrogen (secondary N) is 1. The van der Waals surface area contributed by atoms with Gasteiger partial charge in [0.15, 0.2) is 0 Å². The third kappa shape index (κ3) is 5.09. The van der Waals surface area contributed by atoms with Crippen molar-refractivity contribution < 1.29 is 23.2 Å². The summed E-state index contributed by atoms with van der Waals surface area (Å²) in [6.07, 6.45) is 0.227. The third-order valence-electron chi connectivity index (χ3n) is 3.73. The summed E-state index contributed by atoms with van der Waals surface area (Å²) in [6.45, 7) is 6.22. The summed E-state index contributed by atoms with van der Waals surface area (Å²) >= 11 is 0. The van der Waals surface area contributed by atoms with Crippen LogP contribution in [0.25, 0.3) is 0 Å². The maximum atomic E-state index is 13.8. The molecule has 1 saturated heterocycles. The van der Waals surface area contributed by atoms with Gasteiger partial charge in [0, 0.05) is 43.4 Å². The van der Waals surface area contributed by atoms with E-state index in [1.54, 1.807) is 25.7 Å². The molecule has 1 aromatic carbocycles. The molecule has 1 unspecified atom stereocenters. The molecule has 0 aliphatic carbocycles. The number of carbonyl (C=O) groups excluding carboxylic acids is 1. The van der Waals surface area contributed by atoms with Crippen molar-refractivity contribution in [2.24, 2.45) is 0 Å². The molecule has 1 fully saturated rings. The Bertz CT molecular complexity index is 676. The Morgan fingerprint density at radius 2 is 2.08 bits per heavy atom. The Morgan fingerprint density at radius 3 is 2.68 bits per heavy atom. The number of rotatable bonds is 4. The fraction of sp³-hybridized carbons (Fsp3) is 0.562. The molecule has 9 heteroatoms. The zero-order chi connectivity index (χ0) is 18.8. The molecule has 1 aliphatic rings. The number of benzene rings is 1. The van der Waals surface area contributed by atoms with Crippen LogP contribution in [0.1, 0.15) is 32.8 Å². The van der Waals surface area contributed by atoms with Crippen molar-refractivity contribution in [3.8, 4) is 0 Å². The minimum absolute atomic E-state index is 0.000220. The monoisotopic (exact) mass is 357 g/mol. The fourth-order valence-electron chi connectivity index (χ4n) is 2.53. The van der Waals surface area contributed by atoms with Gasteiger partial charge in [-0.25, -0.2) is 9.18 Å². The lowest BCUT2D eigenvalue weighted by Crippen LogP contribution is -2.38. The van der Waals surface area contributed by atoms with E-state index in [1.165, 1.54) is 0 Å². The number of amides is 1. The van der Waals surface area contributed by atoms with Gasteiger partial charge in [0.2, 0.25) is 5.82 Å². The fourth-order valence-corrected chi connectivity index (χ4v) is 2.53. The molecule has 1 heterocycles. The van der Waals surface area contributed by atoms with Crippen molar-refractivity contribution in [2.45, 2.75) is 45.4 Å². The van der Waals surface area contributed by atoms with Crippen molar-refractivity contribution in [2.75, 3.05) is 13.1 Å². The molecule has 2 rings (SSSR count). The highest BCUT2D eigenvalue weighted by molar-refractivity contribution is 5.68. The van der Waals surface area contributed by atoms with Gasteiger partial charge in [-0.3, -0.25) is 10.1 Å². The summed E-state index contributed by atoms with van der Waals surface area (Å²) in [5, 5.41) is 13.8. The minimum Gasteiger partial charge on any atom is -0.444 e. The van der Waals surface area contributed by atoms with Gasteiger partial charge < -0.3 is 15.0 Å². The topological polar surface area (TPSA) is 84.7 Å². The highest BCUT2D eigenvalue weighted by Crippen LogP contribution is 2.22. The van der Waals surface area contributed by atoms with Crippen LogP contribution in [-0.2, 0) is 11.3 Å². The smallest absolute Gasteiger partial charge is 0.410 e. The van der Waals surface area contributed by atoms with Crippen molar-refractivity contribution in [1.29, 1.82) is 0 Å². The van der Waals surface area contributed by atoms with Gasteiger partial charge in [-0.1, -0.05) is 0 Å². The van der Waals surface area contributed by atoms with Crippen molar-refractivity contribution >= 4 is 11.8 Å². The van der Waals surface area contributed by atoms with Gasteiger partial charge >= 0.3 is 11.8 Å². The van der Waals surface area contributed by atoms with Crippen LogP contribution in [0.3, 0.4) is 0 Å². The highest BCUT2D eigenvalue weighted by atomic mass is 19.1. The Balaban J connectivity index is 1.94. The van der Waals surface area contributed by atoms with Gasteiger partial charge in [-0.2, -0.15) is 4.39 Å². The lowest BCUT2D eigenvalue weighted by Gasteiger charge is -2.24. The SMILES string of the molecule is CC(C)(C)OC(=O)N1CCC(NCc2cc([N+](=O)[O-])c(F)cc2F)C1. The van der Waals surface area contributed by atoms with Gasteiger partial charge in [0.25, 0.3) is 0 Å². The van der Waals surface area contributed by atoms with Crippen molar-refractivity contribution in [3.05, 3.63) is 39.4 Å². The number of nitro benzene ring substituents is 1. The van der Waals surface area contributed by atoms with E-state index in [0.29, 0.717) is 25.6 Å². The normalized spacial score (nSPS) is 17.6. The van der Waals surface area contributed by atoms with Crippen molar-refractivity contribution in [3.63, 3.8) is 0 Å². The molecule has 1 N–H and O–H groups in total.